The molecule has 1 unspecified atom stereocenters. The Kier molecular flexibility index (Phi) is 9.24. The van der Waals surface area contributed by atoms with Crippen molar-refractivity contribution in [3.05, 3.63) is 90.2 Å². The van der Waals surface area contributed by atoms with Crippen molar-refractivity contribution in [1.82, 2.24) is 10.2 Å². The summed E-state index contributed by atoms with van der Waals surface area (Å²) in [6.45, 7) is 1.21. The van der Waals surface area contributed by atoms with Gasteiger partial charge in [-0.1, -0.05) is 37.3 Å². The Bertz CT molecular complexity index is 1300. The summed E-state index contributed by atoms with van der Waals surface area (Å²) in [5.74, 6) is -0.910. The number of hydrogen-bond acceptors (Lipinski definition) is 5. The molecule has 37 heavy (non-hydrogen) atoms. The number of amides is 2. The first-order chi connectivity index (χ1) is 17.7. The van der Waals surface area contributed by atoms with Crippen LogP contribution in [-0.2, 0) is 26.2 Å². The monoisotopic (exact) mass is 527 g/mol. The minimum atomic E-state index is -4.16. The van der Waals surface area contributed by atoms with Crippen LogP contribution in [0.4, 0.5) is 10.1 Å². The van der Waals surface area contributed by atoms with Gasteiger partial charge < -0.3 is 15.0 Å². The van der Waals surface area contributed by atoms with Gasteiger partial charge >= 0.3 is 0 Å². The Morgan fingerprint density at radius 1 is 0.973 bits per heavy atom. The molecule has 0 aliphatic rings. The second-order valence-corrected chi connectivity index (χ2v) is 10.1. The van der Waals surface area contributed by atoms with E-state index in [9.17, 15) is 22.4 Å². The van der Waals surface area contributed by atoms with Crippen LogP contribution in [0.15, 0.2) is 83.8 Å². The molecule has 2 amide bonds. The van der Waals surface area contributed by atoms with Gasteiger partial charge in [0.2, 0.25) is 11.8 Å². The van der Waals surface area contributed by atoms with E-state index >= 15 is 0 Å². The number of nitrogens with one attached hydrogen (secondary N) is 1. The molecule has 10 heteroatoms. The largest absolute Gasteiger partial charge is 0.497 e. The summed E-state index contributed by atoms with van der Waals surface area (Å²) >= 11 is 0. The van der Waals surface area contributed by atoms with Crippen LogP contribution >= 0.6 is 0 Å². The van der Waals surface area contributed by atoms with Gasteiger partial charge in [0.1, 0.15) is 24.2 Å². The fourth-order valence-electron chi connectivity index (χ4n) is 3.87. The molecule has 196 valence electrons. The Balaban J connectivity index is 2.02. The zero-order valence-corrected chi connectivity index (χ0v) is 21.7. The van der Waals surface area contributed by atoms with Crippen molar-refractivity contribution < 1.29 is 27.1 Å². The van der Waals surface area contributed by atoms with Crippen LogP contribution in [0.1, 0.15) is 18.9 Å². The summed E-state index contributed by atoms with van der Waals surface area (Å²) in [6, 6.07) is 18.9. The van der Waals surface area contributed by atoms with E-state index in [4.69, 9.17) is 4.74 Å². The Labute approximate surface area is 216 Å². The number of anilines is 1. The minimum absolute atomic E-state index is 0.00372. The third kappa shape index (κ3) is 6.65. The van der Waals surface area contributed by atoms with Gasteiger partial charge in [0.15, 0.2) is 0 Å². The van der Waals surface area contributed by atoms with Crippen LogP contribution < -0.4 is 14.4 Å². The van der Waals surface area contributed by atoms with E-state index in [2.05, 4.69) is 5.32 Å². The van der Waals surface area contributed by atoms with E-state index in [1.165, 1.54) is 67.6 Å². The highest BCUT2D eigenvalue weighted by Gasteiger charge is 2.33. The normalized spacial score (nSPS) is 11.9. The van der Waals surface area contributed by atoms with E-state index in [0.717, 1.165) is 4.31 Å². The quantitative estimate of drug-likeness (QED) is 0.411. The topological polar surface area (TPSA) is 96.0 Å². The minimum Gasteiger partial charge on any atom is -0.497 e. The summed E-state index contributed by atoms with van der Waals surface area (Å²) < 4.78 is 47.0. The van der Waals surface area contributed by atoms with Gasteiger partial charge in [0.05, 0.1) is 17.7 Å². The second-order valence-electron chi connectivity index (χ2n) is 8.21. The van der Waals surface area contributed by atoms with E-state index in [0.29, 0.717) is 23.4 Å². The van der Waals surface area contributed by atoms with Crippen molar-refractivity contribution in [2.45, 2.75) is 30.8 Å². The molecule has 0 bridgehead atoms. The SMILES string of the molecule is CCC(C(=O)NC)N(Cc1ccc(F)cc1)C(=O)CN(c1ccccc1)S(=O)(=O)c1ccc(OC)cc1. The van der Waals surface area contributed by atoms with E-state index in [-0.39, 0.29) is 17.3 Å². The maximum Gasteiger partial charge on any atom is 0.264 e. The summed E-state index contributed by atoms with van der Waals surface area (Å²) in [7, 11) is -1.22. The van der Waals surface area contributed by atoms with E-state index in [1.807, 2.05) is 0 Å². The van der Waals surface area contributed by atoms with Crippen LogP contribution in [-0.4, -0.2) is 51.9 Å². The molecule has 0 heterocycles. The molecule has 8 nitrogen and oxygen atoms in total. The molecule has 0 spiro atoms. The van der Waals surface area contributed by atoms with Crippen molar-refractivity contribution in [2.24, 2.45) is 0 Å². The second kappa shape index (κ2) is 12.4. The predicted octanol–water partition coefficient (Wildman–Crippen LogP) is 3.58. The van der Waals surface area contributed by atoms with Gasteiger partial charge in [0, 0.05) is 13.6 Å². The number of benzene rings is 3. The number of sulfonamides is 1. The number of methoxy groups -OCH3 is 1. The molecule has 0 aliphatic heterocycles. The Hall–Kier alpha value is -3.92. The summed E-state index contributed by atoms with van der Waals surface area (Å²) in [5.41, 5.74) is 0.891. The molecular weight excluding hydrogens is 497 g/mol. The lowest BCUT2D eigenvalue weighted by molar-refractivity contribution is -0.140. The lowest BCUT2D eigenvalue weighted by Gasteiger charge is -2.33. The molecule has 0 fully saturated rings. The predicted molar refractivity (Wildman–Crippen MR) is 139 cm³/mol. The highest BCUT2D eigenvalue weighted by molar-refractivity contribution is 7.92. The van der Waals surface area contributed by atoms with Crippen LogP contribution in [0, 0.1) is 5.82 Å². The van der Waals surface area contributed by atoms with Crippen molar-refractivity contribution in [2.75, 3.05) is 25.0 Å². The number of nitrogens with zero attached hydrogens (tertiary/aromatic N) is 2. The Morgan fingerprint density at radius 3 is 2.14 bits per heavy atom. The van der Waals surface area contributed by atoms with Gasteiger partial charge in [-0.15, -0.1) is 0 Å². The smallest absolute Gasteiger partial charge is 0.264 e. The summed E-state index contributed by atoms with van der Waals surface area (Å²) in [5, 5.41) is 2.56. The highest BCUT2D eigenvalue weighted by atomic mass is 32.2. The third-order valence-electron chi connectivity index (χ3n) is 5.87. The van der Waals surface area contributed by atoms with Crippen molar-refractivity contribution in [3.8, 4) is 5.75 Å². The number of likely N-dealkylation sites (N-methyl/N-ethyl adjacent to an activating group) is 1. The molecule has 0 aromatic heterocycles. The standard InChI is InChI=1S/C27H30FN3O5S/c1-4-25(27(33)29-2)30(18-20-10-12-21(28)13-11-20)26(32)19-31(22-8-6-5-7-9-22)37(34,35)24-16-14-23(36-3)15-17-24/h5-17,25H,4,18-19H2,1-3H3,(H,29,33). The molecule has 3 aromatic carbocycles. The van der Waals surface area contributed by atoms with Crippen molar-refractivity contribution in [3.63, 3.8) is 0 Å². The number of rotatable bonds is 11. The van der Waals surface area contributed by atoms with Crippen LogP contribution in [0.5, 0.6) is 5.75 Å². The van der Waals surface area contributed by atoms with E-state index in [1.54, 1.807) is 37.3 Å². The van der Waals surface area contributed by atoms with Gasteiger partial charge in [-0.25, -0.2) is 12.8 Å². The first kappa shape index (κ1) is 27.7. The van der Waals surface area contributed by atoms with Crippen LogP contribution in [0.2, 0.25) is 0 Å². The van der Waals surface area contributed by atoms with E-state index < -0.39 is 34.3 Å². The number of ether oxygens (including phenoxy) is 1. The molecule has 3 rings (SSSR count). The van der Waals surface area contributed by atoms with Crippen LogP contribution in [0.25, 0.3) is 0 Å². The fraction of sp³-hybridized carbons (Fsp3) is 0.259. The lowest BCUT2D eigenvalue weighted by atomic mass is 10.1. The first-order valence-corrected chi connectivity index (χ1v) is 13.1. The Morgan fingerprint density at radius 2 is 1.59 bits per heavy atom. The molecule has 0 saturated heterocycles. The number of carbonyl (C=O) groups is 2. The van der Waals surface area contributed by atoms with Crippen LogP contribution in [0.3, 0.4) is 0 Å². The van der Waals surface area contributed by atoms with Crippen molar-refractivity contribution in [1.29, 1.82) is 0 Å². The maximum atomic E-state index is 13.7. The zero-order chi connectivity index (χ0) is 27.0. The molecular formula is C27H30FN3O5S. The fourth-order valence-corrected chi connectivity index (χ4v) is 5.28. The lowest BCUT2D eigenvalue weighted by Crippen LogP contribution is -2.51. The van der Waals surface area contributed by atoms with Gasteiger partial charge in [0.25, 0.3) is 10.0 Å². The number of carbonyl (C=O) groups excluding carboxylic acids is 2. The average molecular weight is 528 g/mol. The van der Waals surface area contributed by atoms with Crippen molar-refractivity contribution >= 4 is 27.5 Å². The van der Waals surface area contributed by atoms with Gasteiger partial charge in [-0.3, -0.25) is 13.9 Å². The van der Waals surface area contributed by atoms with Gasteiger partial charge in [-0.2, -0.15) is 0 Å². The highest BCUT2D eigenvalue weighted by Crippen LogP contribution is 2.26. The number of hydrogen-bond donors (Lipinski definition) is 1. The third-order valence-corrected chi connectivity index (χ3v) is 7.66. The molecule has 0 aliphatic carbocycles. The molecule has 0 radical (unpaired) electrons. The molecule has 1 atom stereocenters. The maximum absolute atomic E-state index is 13.7. The molecule has 1 N–H and O–H groups in total. The molecule has 0 saturated carbocycles. The first-order valence-electron chi connectivity index (χ1n) is 11.7. The average Bonchev–Trinajstić information content (AvgIpc) is 2.92. The van der Waals surface area contributed by atoms with Gasteiger partial charge in [-0.05, 0) is 60.5 Å². The number of halogens is 1. The zero-order valence-electron chi connectivity index (χ0n) is 20.9. The summed E-state index contributed by atoms with van der Waals surface area (Å²) in [4.78, 5) is 27.7. The molecule has 3 aromatic rings. The summed E-state index contributed by atoms with van der Waals surface area (Å²) in [6.07, 6.45) is 0.295. The number of para-hydroxylation sites is 1.